The number of nitrogens with zero attached hydrogens (tertiary/aromatic N) is 2. The van der Waals surface area contributed by atoms with Crippen molar-refractivity contribution >= 4 is 21.8 Å². The van der Waals surface area contributed by atoms with Crippen LogP contribution in [-0.4, -0.2) is 62.7 Å². The molecule has 2 aromatic carbocycles. The third kappa shape index (κ3) is 5.22. The Kier molecular flexibility index (Phi) is 7.39. The third-order valence-electron chi connectivity index (χ3n) is 4.99. The molecular weight excluding hydrogens is 436 g/mol. The summed E-state index contributed by atoms with van der Waals surface area (Å²) in [4.78, 5) is 17.2. The summed E-state index contributed by atoms with van der Waals surface area (Å²) in [5, 5.41) is 0. The van der Waals surface area contributed by atoms with Gasteiger partial charge in [-0.1, -0.05) is 12.1 Å². The fraction of sp³-hybridized carbons (Fsp3) is 0.409. The van der Waals surface area contributed by atoms with E-state index in [1.165, 1.54) is 5.56 Å². The van der Waals surface area contributed by atoms with Gasteiger partial charge in [-0.25, -0.2) is 0 Å². The van der Waals surface area contributed by atoms with E-state index in [2.05, 4.69) is 33.0 Å². The zero-order chi connectivity index (χ0) is 20.8. The number of halogens is 1. The predicted octanol–water partition coefficient (Wildman–Crippen LogP) is 3.82. The molecule has 0 unspecified atom stereocenters. The normalized spacial score (nSPS) is 14.6. The Morgan fingerprint density at radius 3 is 2.10 bits per heavy atom. The largest absolute Gasteiger partial charge is 0.495 e. The molecule has 156 valence electrons. The van der Waals surface area contributed by atoms with Gasteiger partial charge >= 0.3 is 0 Å². The molecule has 3 rings (SSSR count). The molecule has 1 heterocycles. The maximum Gasteiger partial charge on any atom is 0.254 e. The van der Waals surface area contributed by atoms with Crippen LogP contribution in [0.2, 0.25) is 0 Å². The van der Waals surface area contributed by atoms with E-state index in [0.717, 1.165) is 25.4 Å². The lowest BCUT2D eigenvalue weighted by Gasteiger charge is -2.35. The summed E-state index contributed by atoms with van der Waals surface area (Å²) >= 11 is 3.44. The first-order chi connectivity index (χ1) is 14.0. The van der Waals surface area contributed by atoms with Crippen molar-refractivity contribution in [3.63, 3.8) is 0 Å². The molecule has 1 aliphatic rings. The van der Waals surface area contributed by atoms with E-state index in [4.69, 9.17) is 14.2 Å². The fourth-order valence-corrected chi connectivity index (χ4v) is 3.95. The number of carbonyl (C=O) groups excluding carboxylic acids is 1. The van der Waals surface area contributed by atoms with Gasteiger partial charge < -0.3 is 19.1 Å². The molecule has 0 aliphatic carbocycles. The molecular formula is C22H27BrN2O4. The van der Waals surface area contributed by atoms with Gasteiger partial charge in [-0.3, -0.25) is 9.69 Å². The van der Waals surface area contributed by atoms with Crippen LogP contribution in [0.1, 0.15) is 22.8 Å². The Hall–Kier alpha value is -2.25. The van der Waals surface area contributed by atoms with Gasteiger partial charge in [0.1, 0.15) is 21.7 Å². The highest BCUT2D eigenvalue weighted by atomic mass is 79.9. The summed E-state index contributed by atoms with van der Waals surface area (Å²) in [5.74, 6) is 2.06. The standard InChI is InChI=1S/C22H27BrN2O4/c1-4-29-18-7-5-16(6-8-18)15-24-9-11-25(12-10-24)22(26)17-13-19(27-2)21(23)20(14-17)28-3/h5-8,13-14H,4,9-12,15H2,1-3H3. The molecule has 29 heavy (non-hydrogen) atoms. The third-order valence-corrected chi connectivity index (χ3v) is 5.77. The maximum atomic E-state index is 13.0. The molecule has 2 aromatic rings. The highest BCUT2D eigenvalue weighted by molar-refractivity contribution is 9.10. The highest BCUT2D eigenvalue weighted by Gasteiger charge is 2.24. The van der Waals surface area contributed by atoms with Crippen molar-refractivity contribution in [2.45, 2.75) is 13.5 Å². The lowest BCUT2D eigenvalue weighted by Crippen LogP contribution is -2.48. The molecule has 1 saturated heterocycles. The van der Waals surface area contributed by atoms with E-state index in [1.54, 1.807) is 26.4 Å². The van der Waals surface area contributed by atoms with Crippen molar-refractivity contribution in [3.8, 4) is 17.2 Å². The molecule has 0 radical (unpaired) electrons. The number of carbonyl (C=O) groups is 1. The number of benzene rings is 2. The second kappa shape index (κ2) is 9.98. The molecule has 0 atom stereocenters. The number of amides is 1. The number of methoxy groups -OCH3 is 2. The van der Waals surface area contributed by atoms with E-state index in [0.29, 0.717) is 41.2 Å². The van der Waals surface area contributed by atoms with Crippen molar-refractivity contribution in [2.75, 3.05) is 47.0 Å². The van der Waals surface area contributed by atoms with Crippen LogP contribution >= 0.6 is 15.9 Å². The average Bonchev–Trinajstić information content (AvgIpc) is 2.75. The zero-order valence-corrected chi connectivity index (χ0v) is 18.7. The summed E-state index contributed by atoms with van der Waals surface area (Å²) in [7, 11) is 3.15. The number of rotatable bonds is 7. The van der Waals surface area contributed by atoms with E-state index in [9.17, 15) is 4.79 Å². The molecule has 1 aliphatic heterocycles. The Morgan fingerprint density at radius 1 is 1.00 bits per heavy atom. The molecule has 7 heteroatoms. The first-order valence-corrected chi connectivity index (χ1v) is 10.5. The van der Waals surface area contributed by atoms with Crippen molar-refractivity contribution in [3.05, 3.63) is 52.0 Å². The van der Waals surface area contributed by atoms with Gasteiger partial charge in [0.2, 0.25) is 0 Å². The van der Waals surface area contributed by atoms with E-state index < -0.39 is 0 Å². The van der Waals surface area contributed by atoms with Crippen molar-refractivity contribution < 1.29 is 19.0 Å². The second-order valence-corrected chi connectivity index (χ2v) is 7.63. The zero-order valence-electron chi connectivity index (χ0n) is 17.1. The van der Waals surface area contributed by atoms with E-state index in [1.807, 2.05) is 24.0 Å². The van der Waals surface area contributed by atoms with Crippen LogP contribution in [0.4, 0.5) is 0 Å². The lowest BCUT2D eigenvalue weighted by molar-refractivity contribution is 0.0627. The van der Waals surface area contributed by atoms with Crippen LogP contribution in [-0.2, 0) is 6.54 Å². The monoisotopic (exact) mass is 462 g/mol. The molecule has 0 bridgehead atoms. The first kappa shape index (κ1) is 21.5. The van der Waals surface area contributed by atoms with E-state index >= 15 is 0 Å². The van der Waals surface area contributed by atoms with Gasteiger partial charge in [0.25, 0.3) is 5.91 Å². The molecule has 0 saturated carbocycles. The van der Waals surface area contributed by atoms with Crippen molar-refractivity contribution in [1.29, 1.82) is 0 Å². The van der Waals surface area contributed by atoms with Gasteiger partial charge in [-0.2, -0.15) is 0 Å². The van der Waals surface area contributed by atoms with Crippen LogP contribution < -0.4 is 14.2 Å². The molecule has 0 spiro atoms. The van der Waals surface area contributed by atoms with Gasteiger partial charge in [0.05, 0.1) is 20.8 Å². The Labute approximate surface area is 180 Å². The Morgan fingerprint density at radius 2 is 1.59 bits per heavy atom. The van der Waals surface area contributed by atoms with Crippen molar-refractivity contribution in [2.24, 2.45) is 0 Å². The second-order valence-electron chi connectivity index (χ2n) is 6.84. The average molecular weight is 463 g/mol. The van der Waals surface area contributed by atoms with Crippen LogP contribution in [0.25, 0.3) is 0 Å². The lowest BCUT2D eigenvalue weighted by atomic mass is 10.1. The smallest absolute Gasteiger partial charge is 0.254 e. The Balaban J connectivity index is 1.59. The van der Waals surface area contributed by atoms with Gasteiger partial charge in [-0.05, 0) is 52.7 Å². The van der Waals surface area contributed by atoms with Gasteiger partial charge in [-0.15, -0.1) is 0 Å². The van der Waals surface area contributed by atoms with Crippen LogP contribution in [0, 0.1) is 0 Å². The minimum absolute atomic E-state index is 0.00480. The van der Waals surface area contributed by atoms with Gasteiger partial charge in [0.15, 0.2) is 0 Å². The number of hydrogen-bond acceptors (Lipinski definition) is 5. The highest BCUT2D eigenvalue weighted by Crippen LogP contribution is 2.36. The Bertz CT molecular complexity index is 808. The minimum Gasteiger partial charge on any atom is -0.495 e. The molecule has 1 amide bonds. The predicted molar refractivity (Wildman–Crippen MR) is 116 cm³/mol. The van der Waals surface area contributed by atoms with Crippen LogP contribution in [0.3, 0.4) is 0 Å². The number of piperazine rings is 1. The van der Waals surface area contributed by atoms with Gasteiger partial charge in [0, 0.05) is 38.3 Å². The first-order valence-electron chi connectivity index (χ1n) is 9.70. The summed E-state index contributed by atoms with van der Waals surface area (Å²) in [6.07, 6.45) is 0. The van der Waals surface area contributed by atoms with Crippen LogP contribution in [0.5, 0.6) is 17.2 Å². The van der Waals surface area contributed by atoms with Crippen LogP contribution in [0.15, 0.2) is 40.9 Å². The summed E-state index contributed by atoms with van der Waals surface area (Å²) < 4.78 is 16.9. The molecule has 0 aromatic heterocycles. The number of ether oxygens (including phenoxy) is 3. The number of hydrogen-bond donors (Lipinski definition) is 0. The molecule has 1 fully saturated rings. The maximum absolute atomic E-state index is 13.0. The topological polar surface area (TPSA) is 51.2 Å². The van der Waals surface area contributed by atoms with E-state index in [-0.39, 0.29) is 5.91 Å². The SMILES string of the molecule is CCOc1ccc(CN2CCN(C(=O)c3cc(OC)c(Br)c(OC)c3)CC2)cc1. The summed E-state index contributed by atoms with van der Waals surface area (Å²) in [6.45, 7) is 6.58. The summed E-state index contributed by atoms with van der Waals surface area (Å²) in [6, 6.07) is 11.7. The summed E-state index contributed by atoms with van der Waals surface area (Å²) in [5.41, 5.74) is 1.82. The quantitative estimate of drug-likeness (QED) is 0.625. The molecule has 6 nitrogen and oxygen atoms in total. The van der Waals surface area contributed by atoms with Crippen molar-refractivity contribution in [1.82, 2.24) is 9.80 Å². The fourth-order valence-electron chi connectivity index (χ4n) is 3.40. The minimum atomic E-state index is -0.00480. The molecule has 0 N–H and O–H groups in total.